The molecule has 3 atom stereocenters. The number of anilines is 1. The van der Waals surface area contributed by atoms with Gasteiger partial charge in [-0.3, -0.25) is 4.79 Å². The minimum Gasteiger partial charge on any atom is -0.390 e. The van der Waals surface area contributed by atoms with Crippen molar-refractivity contribution >= 4 is 11.7 Å². The first-order valence-corrected chi connectivity index (χ1v) is 8.10. The van der Waals surface area contributed by atoms with Gasteiger partial charge in [-0.15, -0.1) is 0 Å². The number of nitrogen functional groups attached to an aromatic ring is 1. The fourth-order valence-electron chi connectivity index (χ4n) is 4.06. The summed E-state index contributed by atoms with van der Waals surface area (Å²) in [4.78, 5) is 22.7. The SMILES string of the molecule is CC1(O)CCCCC1C1CCCN1C(=O)c1nccnc1N. The summed E-state index contributed by atoms with van der Waals surface area (Å²) in [5.74, 6) is 0.147. The van der Waals surface area contributed by atoms with Crippen LogP contribution < -0.4 is 5.73 Å². The molecular formula is C16H24N4O2. The molecule has 2 heterocycles. The van der Waals surface area contributed by atoms with Crippen LogP contribution in [-0.2, 0) is 0 Å². The minimum absolute atomic E-state index is 0.0733. The van der Waals surface area contributed by atoms with Crippen LogP contribution in [-0.4, -0.2) is 44.1 Å². The van der Waals surface area contributed by atoms with Crippen LogP contribution in [0.5, 0.6) is 0 Å². The van der Waals surface area contributed by atoms with Crippen molar-refractivity contribution in [2.75, 3.05) is 12.3 Å². The number of amides is 1. The van der Waals surface area contributed by atoms with Crippen LogP contribution in [0.1, 0.15) is 55.9 Å². The summed E-state index contributed by atoms with van der Waals surface area (Å²) in [6.07, 6.45) is 8.83. The first-order valence-electron chi connectivity index (χ1n) is 8.10. The third kappa shape index (κ3) is 2.67. The number of likely N-dealkylation sites (tertiary alicyclic amines) is 1. The van der Waals surface area contributed by atoms with Crippen molar-refractivity contribution in [3.8, 4) is 0 Å². The topological polar surface area (TPSA) is 92.3 Å². The molecule has 1 saturated carbocycles. The first-order chi connectivity index (χ1) is 10.5. The van der Waals surface area contributed by atoms with Gasteiger partial charge in [0.25, 0.3) is 5.91 Å². The summed E-state index contributed by atoms with van der Waals surface area (Å²) in [7, 11) is 0. The quantitative estimate of drug-likeness (QED) is 0.866. The predicted octanol–water partition coefficient (Wildman–Crippen LogP) is 1.60. The van der Waals surface area contributed by atoms with Gasteiger partial charge in [-0.2, -0.15) is 0 Å². The molecule has 0 bridgehead atoms. The normalized spacial score (nSPS) is 32.2. The van der Waals surface area contributed by atoms with Crippen LogP contribution in [0.25, 0.3) is 0 Å². The van der Waals surface area contributed by atoms with Gasteiger partial charge in [-0.05, 0) is 32.6 Å². The summed E-state index contributed by atoms with van der Waals surface area (Å²) < 4.78 is 0. The number of hydrogen-bond donors (Lipinski definition) is 2. The molecule has 6 nitrogen and oxygen atoms in total. The van der Waals surface area contributed by atoms with Crippen LogP contribution in [0.3, 0.4) is 0 Å². The van der Waals surface area contributed by atoms with Crippen molar-refractivity contribution in [2.45, 2.75) is 57.1 Å². The molecule has 6 heteroatoms. The van der Waals surface area contributed by atoms with Crippen molar-refractivity contribution in [1.29, 1.82) is 0 Å². The molecule has 120 valence electrons. The van der Waals surface area contributed by atoms with Crippen LogP contribution in [0.2, 0.25) is 0 Å². The van der Waals surface area contributed by atoms with Gasteiger partial charge >= 0.3 is 0 Å². The fraction of sp³-hybridized carbons (Fsp3) is 0.688. The maximum atomic E-state index is 12.8. The molecular weight excluding hydrogens is 280 g/mol. The minimum atomic E-state index is -0.695. The van der Waals surface area contributed by atoms with E-state index in [2.05, 4.69) is 9.97 Å². The molecule has 1 amide bonds. The lowest BCUT2D eigenvalue weighted by molar-refractivity contribution is -0.0578. The van der Waals surface area contributed by atoms with E-state index in [4.69, 9.17) is 5.73 Å². The Kier molecular flexibility index (Phi) is 4.04. The molecule has 0 aromatic carbocycles. The molecule has 1 aromatic heterocycles. The number of aliphatic hydroxyl groups is 1. The second kappa shape index (κ2) is 5.83. The molecule has 2 fully saturated rings. The summed E-state index contributed by atoms with van der Waals surface area (Å²) in [5, 5.41) is 10.7. The van der Waals surface area contributed by atoms with E-state index >= 15 is 0 Å². The third-order valence-electron chi connectivity index (χ3n) is 5.20. The van der Waals surface area contributed by atoms with Gasteiger partial charge in [0.2, 0.25) is 0 Å². The van der Waals surface area contributed by atoms with Crippen LogP contribution in [0.15, 0.2) is 12.4 Å². The Labute approximate surface area is 130 Å². The van der Waals surface area contributed by atoms with Gasteiger partial charge in [0.05, 0.1) is 5.60 Å². The number of aromatic nitrogens is 2. The Morgan fingerprint density at radius 1 is 1.32 bits per heavy atom. The van der Waals surface area contributed by atoms with E-state index in [-0.39, 0.29) is 29.4 Å². The van der Waals surface area contributed by atoms with Crippen LogP contribution in [0, 0.1) is 5.92 Å². The monoisotopic (exact) mass is 304 g/mol. The van der Waals surface area contributed by atoms with E-state index in [0.717, 1.165) is 38.5 Å². The molecule has 1 aromatic rings. The fourth-order valence-corrected chi connectivity index (χ4v) is 4.06. The zero-order valence-electron chi connectivity index (χ0n) is 13.0. The number of nitrogens with zero attached hydrogens (tertiary/aromatic N) is 3. The van der Waals surface area contributed by atoms with Crippen molar-refractivity contribution in [1.82, 2.24) is 14.9 Å². The highest BCUT2D eigenvalue weighted by atomic mass is 16.3. The Morgan fingerprint density at radius 3 is 2.82 bits per heavy atom. The Morgan fingerprint density at radius 2 is 2.09 bits per heavy atom. The van der Waals surface area contributed by atoms with Gasteiger partial charge in [0.1, 0.15) is 0 Å². The second-order valence-corrected chi connectivity index (χ2v) is 6.71. The van der Waals surface area contributed by atoms with Gasteiger partial charge in [0.15, 0.2) is 11.5 Å². The highest BCUT2D eigenvalue weighted by Gasteiger charge is 2.45. The van der Waals surface area contributed by atoms with Crippen LogP contribution in [0.4, 0.5) is 5.82 Å². The molecule has 3 unspecified atom stereocenters. The highest BCUT2D eigenvalue weighted by molar-refractivity contribution is 5.96. The Bertz CT molecular complexity index is 561. The number of carbonyl (C=O) groups excluding carboxylic acids is 1. The van der Waals surface area contributed by atoms with E-state index in [1.54, 1.807) is 0 Å². The molecule has 1 aliphatic heterocycles. The summed E-state index contributed by atoms with van der Waals surface area (Å²) in [6.45, 7) is 2.61. The van der Waals surface area contributed by atoms with Crippen molar-refractivity contribution in [3.63, 3.8) is 0 Å². The average molecular weight is 304 g/mol. The lowest BCUT2D eigenvalue weighted by atomic mass is 9.72. The number of rotatable bonds is 2. The van der Waals surface area contributed by atoms with Gasteiger partial charge in [0, 0.05) is 30.9 Å². The van der Waals surface area contributed by atoms with E-state index < -0.39 is 5.60 Å². The van der Waals surface area contributed by atoms with Gasteiger partial charge < -0.3 is 15.7 Å². The lowest BCUT2D eigenvalue weighted by Crippen LogP contribution is -2.50. The Balaban J connectivity index is 1.84. The van der Waals surface area contributed by atoms with Gasteiger partial charge in [-0.1, -0.05) is 12.8 Å². The molecule has 0 spiro atoms. The summed E-state index contributed by atoms with van der Waals surface area (Å²) >= 11 is 0. The van der Waals surface area contributed by atoms with E-state index in [0.29, 0.717) is 6.54 Å². The molecule has 1 aliphatic carbocycles. The number of hydrogen-bond acceptors (Lipinski definition) is 5. The lowest BCUT2D eigenvalue weighted by Gasteiger charge is -2.43. The second-order valence-electron chi connectivity index (χ2n) is 6.71. The van der Waals surface area contributed by atoms with Gasteiger partial charge in [-0.25, -0.2) is 9.97 Å². The van der Waals surface area contributed by atoms with Crippen LogP contribution >= 0.6 is 0 Å². The summed E-state index contributed by atoms with van der Waals surface area (Å²) in [5.41, 5.74) is 5.33. The molecule has 1 saturated heterocycles. The van der Waals surface area contributed by atoms with E-state index in [9.17, 15) is 9.90 Å². The highest BCUT2D eigenvalue weighted by Crippen LogP contribution is 2.41. The first kappa shape index (κ1) is 15.2. The maximum absolute atomic E-state index is 12.8. The molecule has 22 heavy (non-hydrogen) atoms. The largest absolute Gasteiger partial charge is 0.390 e. The maximum Gasteiger partial charge on any atom is 0.276 e. The summed E-state index contributed by atoms with van der Waals surface area (Å²) in [6, 6.07) is 0.0733. The number of nitrogens with two attached hydrogens (primary N) is 1. The third-order valence-corrected chi connectivity index (χ3v) is 5.20. The standard InChI is InChI=1S/C16H24N4O2/c1-16(22)7-3-2-5-11(16)12-6-4-10-20(12)15(21)13-14(17)19-9-8-18-13/h8-9,11-12,22H,2-7,10H2,1H3,(H2,17,19). The smallest absolute Gasteiger partial charge is 0.276 e. The zero-order valence-corrected chi connectivity index (χ0v) is 13.0. The predicted molar refractivity (Wildman–Crippen MR) is 83.1 cm³/mol. The van der Waals surface area contributed by atoms with E-state index in [1.165, 1.54) is 12.4 Å². The molecule has 3 rings (SSSR count). The average Bonchev–Trinajstić information content (AvgIpc) is 2.95. The van der Waals surface area contributed by atoms with Crippen molar-refractivity contribution in [2.24, 2.45) is 5.92 Å². The zero-order chi connectivity index (χ0) is 15.7. The molecule has 2 aliphatic rings. The van der Waals surface area contributed by atoms with E-state index in [1.807, 2.05) is 11.8 Å². The van der Waals surface area contributed by atoms with Crippen molar-refractivity contribution in [3.05, 3.63) is 18.1 Å². The molecule has 0 radical (unpaired) electrons. The number of carbonyl (C=O) groups is 1. The molecule has 3 N–H and O–H groups in total. The van der Waals surface area contributed by atoms with Crippen molar-refractivity contribution < 1.29 is 9.90 Å². The Hall–Kier alpha value is -1.69.